The van der Waals surface area contributed by atoms with E-state index in [2.05, 4.69) is 20.2 Å². The first-order chi connectivity index (χ1) is 12.7. The molecule has 0 radical (unpaired) electrons. The second-order valence-electron chi connectivity index (χ2n) is 7.45. The third kappa shape index (κ3) is 2.46. The summed E-state index contributed by atoms with van der Waals surface area (Å²) in [6.07, 6.45) is 3.60. The van der Waals surface area contributed by atoms with Gasteiger partial charge in [0.1, 0.15) is 0 Å². The van der Waals surface area contributed by atoms with Crippen LogP contribution in [0.4, 0.5) is 0 Å². The fourth-order valence-corrected chi connectivity index (χ4v) is 4.76. The topological polar surface area (TPSA) is 87.3 Å². The standard InChI is InChI=1S/C19H22N4O3/c24-18-11-5-1-2-6-13(11)20-17(22-18)19(25)21-14-12-7-10-26-16(12)15(14)23-8-3-4-9-23/h1-2,5-6,12,14-16H,3-4,7-10H2,(H,21,25)(H,20,22,24)/t12-,14+,15-,16-/m1/s1. The van der Waals surface area contributed by atoms with Crippen molar-refractivity contribution in [3.63, 3.8) is 0 Å². The summed E-state index contributed by atoms with van der Waals surface area (Å²) in [7, 11) is 0. The molecule has 0 bridgehead atoms. The Bertz CT molecular complexity index is 900. The summed E-state index contributed by atoms with van der Waals surface area (Å²) in [5.74, 6) is 0.125. The van der Waals surface area contributed by atoms with Gasteiger partial charge in [0.25, 0.3) is 11.5 Å². The summed E-state index contributed by atoms with van der Waals surface area (Å²) in [5, 5.41) is 3.62. The molecular weight excluding hydrogens is 332 g/mol. The number of H-pyrrole nitrogens is 1. The van der Waals surface area contributed by atoms with Crippen molar-refractivity contribution in [2.75, 3.05) is 19.7 Å². The number of amides is 1. The largest absolute Gasteiger partial charge is 0.376 e. The highest BCUT2D eigenvalue weighted by molar-refractivity contribution is 5.93. The monoisotopic (exact) mass is 354 g/mol. The van der Waals surface area contributed by atoms with E-state index in [1.54, 1.807) is 18.2 Å². The van der Waals surface area contributed by atoms with Gasteiger partial charge in [-0.25, -0.2) is 4.98 Å². The molecule has 4 atom stereocenters. The number of hydrogen-bond acceptors (Lipinski definition) is 5. The van der Waals surface area contributed by atoms with E-state index in [9.17, 15) is 9.59 Å². The molecule has 26 heavy (non-hydrogen) atoms. The molecule has 3 aliphatic rings. The normalized spacial score (nSPS) is 30.9. The van der Waals surface area contributed by atoms with E-state index in [0.29, 0.717) is 16.8 Å². The fraction of sp³-hybridized carbons (Fsp3) is 0.526. The van der Waals surface area contributed by atoms with Gasteiger partial charge in [-0.05, 0) is 44.5 Å². The number of ether oxygens (including phenoxy) is 1. The molecule has 136 valence electrons. The minimum atomic E-state index is -0.313. The Morgan fingerprint density at radius 3 is 2.92 bits per heavy atom. The summed E-state index contributed by atoms with van der Waals surface area (Å²) in [6.45, 7) is 2.89. The Morgan fingerprint density at radius 1 is 1.27 bits per heavy atom. The molecular formula is C19H22N4O3. The van der Waals surface area contributed by atoms with Gasteiger partial charge >= 0.3 is 0 Å². The molecule has 7 heteroatoms. The number of nitrogens with one attached hydrogen (secondary N) is 2. The van der Waals surface area contributed by atoms with Gasteiger partial charge < -0.3 is 15.0 Å². The number of fused-ring (bicyclic) bond motifs is 2. The van der Waals surface area contributed by atoms with Crippen molar-refractivity contribution in [1.82, 2.24) is 20.2 Å². The predicted molar refractivity (Wildman–Crippen MR) is 96.1 cm³/mol. The smallest absolute Gasteiger partial charge is 0.287 e. The van der Waals surface area contributed by atoms with Gasteiger partial charge in [0.2, 0.25) is 0 Å². The van der Waals surface area contributed by atoms with E-state index in [-0.39, 0.29) is 35.5 Å². The Labute approximate surface area is 150 Å². The average molecular weight is 354 g/mol. The Hall–Kier alpha value is -2.25. The molecule has 1 aromatic carbocycles. The van der Waals surface area contributed by atoms with Crippen LogP contribution < -0.4 is 10.9 Å². The van der Waals surface area contributed by atoms with Crippen LogP contribution in [0.25, 0.3) is 10.9 Å². The average Bonchev–Trinajstić information content (AvgIpc) is 3.30. The van der Waals surface area contributed by atoms with Crippen molar-refractivity contribution in [2.45, 2.75) is 37.5 Å². The molecule has 3 fully saturated rings. The number of para-hydroxylation sites is 1. The summed E-state index contributed by atoms with van der Waals surface area (Å²) in [6, 6.07) is 7.35. The number of benzene rings is 1. The molecule has 2 aliphatic heterocycles. The predicted octanol–water partition coefficient (Wildman–Crippen LogP) is 0.905. The van der Waals surface area contributed by atoms with Crippen molar-refractivity contribution in [2.24, 2.45) is 5.92 Å². The van der Waals surface area contributed by atoms with E-state index in [4.69, 9.17) is 4.74 Å². The van der Waals surface area contributed by atoms with Crippen LogP contribution in [0, 0.1) is 5.92 Å². The van der Waals surface area contributed by atoms with E-state index in [1.165, 1.54) is 12.8 Å². The fourth-order valence-electron chi connectivity index (χ4n) is 4.76. The van der Waals surface area contributed by atoms with Crippen LogP contribution >= 0.6 is 0 Å². The number of likely N-dealkylation sites (tertiary alicyclic amines) is 1. The summed E-state index contributed by atoms with van der Waals surface area (Å²) >= 11 is 0. The van der Waals surface area contributed by atoms with E-state index in [1.807, 2.05) is 6.07 Å². The lowest BCUT2D eigenvalue weighted by atomic mass is 9.70. The molecule has 2 N–H and O–H groups in total. The van der Waals surface area contributed by atoms with Gasteiger partial charge in [-0.3, -0.25) is 14.5 Å². The molecule has 0 spiro atoms. The molecule has 5 rings (SSSR count). The second kappa shape index (κ2) is 6.17. The van der Waals surface area contributed by atoms with Crippen LogP contribution in [0.2, 0.25) is 0 Å². The van der Waals surface area contributed by atoms with Gasteiger partial charge in [-0.1, -0.05) is 12.1 Å². The van der Waals surface area contributed by atoms with Gasteiger partial charge in [0.15, 0.2) is 5.82 Å². The number of hydrogen-bond donors (Lipinski definition) is 2. The van der Waals surface area contributed by atoms with E-state index in [0.717, 1.165) is 26.1 Å². The van der Waals surface area contributed by atoms with Crippen molar-refractivity contribution in [1.29, 1.82) is 0 Å². The van der Waals surface area contributed by atoms with Gasteiger partial charge in [0, 0.05) is 12.5 Å². The zero-order valence-corrected chi connectivity index (χ0v) is 14.5. The number of rotatable bonds is 3. The molecule has 1 aromatic heterocycles. The summed E-state index contributed by atoms with van der Waals surface area (Å²) in [5.41, 5.74) is 0.251. The molecule has 0 unspecified atom stereocenters. The van der Waals surface area contributed by atoms with E-state index >= 15 is 0 Å². The molecule has 1 amide bonds. The van der Waals surface area contributed by atoms with Gasteiger partial charge in [0.05, 0.1) is 29.1 Å². The first-order valence-corrected chi connectivity index (χ1v) is 9.38. The van der Waals surface area contributed by atoms with E-state index < -0.39 is 0 Å². The molecule has 2 aromatic rings. The van der Waals surface area contributed by atoms with Crippen molar-refractivity contribution in [3.05, 3.63) is 40.4 Å². The molecule has 1 saturated carbocycles. The lowest BCUT2D eigenvalue weighted by Gasteiger charge is -2.51. The second-order valence-corrected chi connectivity index (χ2v) is 7.45. The van der Waals surface area contributed by atoms with Crippen LogP contribution in [0.3, 0.4) is 0 Å². The third-order valence-electron chi connectivity index (χ3n) is 6.04. The lowest BCUT2D eigenvalue weighted by molar-refractivity contribution is -0.0748. The Morgan fingerprint density at radius 2 is 2.08 bits per heavy atom. The van der Waals surface area contributed by atoms with Crippen LogP contribution in [0.15, 0.2) is 29.1 Å². The minimum absolute atomic E-state index is 0.0601. The van der Waals surface area contributed by atoms with Crippen molar-refractivity contribution < 1.29 is 9.53 Å². The van der Waals surface area contributed by atoms with Crippen LogP contribution in [0.5, 0.6) is 0 Å². The zero-order chi connectivity index (χ0) is 17.7. The van der Waals surface area contributed by atoms with Crippen molar-refractivity contribution >= 4 is 16.8 Å². The van der Waals surface area contributed by atoms with Gasteiger partial charge in [-0.15, -0.1) is 0 Å². The number of nitrogens with zero attached hydrogens (tertiary/aromatic N) is 2. The number of carbonyl (C=O) groups excluding carboxylic acids is 1. The Kier molecular flexibility index (Phi) is 3.79. The summed E-state index contributed by atoms with van der Waals surface area (Å²) < 4.78 is 5.90. The molecule has 2 saturated heterocycles. The molecule has 7 nitrogen and oxygen atoms in total. The third-order valence-corrected chi connectivity index (χ3v) is 6.04. The van der Waals surface area contributed by atoms with Crippen molar-refractivity contribution in [3.8, 4) is 0 Å². The van der Waals surface area contributed by atoms with Gasteiger partial charge in [-0.2, -0.15) is 0 Å². The maximum atomic E-state index is 12.8. The highest BCUT2D eigenvalue weighted by Gasteiger charge is 2.56. The van der Waals surface area contributed by atoms with Crippen LogP contribution in [-0.4, -0.2) is 58.7 Å². The minimum Gasteiger partial charge on any atom is -0.376 e. The zero-order valence-electron chi connectivity index (χ0n) is 14.5. The highest BCUT2D eigenvalue weighted by Crippen LogP contribution is 2.42. The number of carbonyl (C=O) groups is 1. The lowest BCUT2D eigenvalue weighted by Crippen LogP contribution is -2.70. The number of aromatic nitrogens is 2. The first-order valence-electron chi connectivity index (χ1n) is 9.38. The quantitative estimate of drug-likeness (QED) is 0.855. The maximum Gasteiger partial charge on any atom is 0.287 e. The van der Waals surface area contributed by atoms with Crippen LogP contribution in [-0.2, 0) is 4.74 Å². The molecule has 1 aliphatic carbocycles. The summed E-state index contributed by atoms with van der Waals surface area (Å²) in [4.78, 5) is 34.4. The SMILES string of the molecule is O=C(N[C@H]1[C@H]2CCO[C@H]2[C@@H]1N1CCCC1)c1nc2ccccc2c(=O)[nH]1. The highest BCUT2D eigenvalue weighted by atomic mass is 16.5. The number of aromatic amines is 1. The van der Waals surface area contributed by atoms with Crippen LogP contribution in [0.1, 0.15) is 29.9 Å². The first kappa shape index (κ1) is 16.0. The maximum absolute atomic E-state index is 12.8. The molecule has 3 heterocycles. The Balaban J connectivity index is 1.40.